The van der Waals surface area contributed by atoms with Gasteiger partial charge in [0, 0.05) is 0 Å². The Labute approximate surface area is 76.6 Å². The third-order valence-corrected chi connectivity index (χ3v) is 1.52. The summed E-state index contributed by atoms with van der Waals surface area (Å²) >= 11 is 0. The molecule has 1 aromatic carbocycles. The van der Waals surface area contributed by atoms with E-state index in [2.05, 4.69) is 9.68 Å². The molecule has 1 radical (unpaired) electrons. The molecule has 0 saturated heterocycles. The summed E-state index contributed by atoms with van der Waals surface area (Å²) in [6, 6.07) is 8.76. The molecule has 0 unspecified atom stereocenters. The van der Waals surface area contributed by atoms with Gasteiger partial charge in [0.2, 0.25) is 5.23 Å². The molecule has 0 bridgehead atoms. The SMILES string of the molecule is CO[N+](OC)C(=O)c1ccccc1. The summed E-state index contributed by atoms with van der Waals surface area (Å²) in [4.78, 5) is 20.8. The van der Waals surface area contributed by atoms with Crippen molar-refractivity contribution in [2.24, 2.45) is 0 Å². The van der Waals surface area contributed by atoms with Gasteiger partial charge in [-0.2, -0.15) is 0 Å². The van der Waals surface area contributed by atoms with Crippen LogP contribution in [0.15, 0.2) is 30.3 Å². The Hall–Kier alpha value is -1.23. The fraction of sp³-hybridized carbons (Fsp3) is 0.222. The monoisotopic (exact) mass is 181 g/mol. The minimum Gasteiger partial charge on any atom is -0.212 e. The van der Waals surface area contributed by atoms with Crippen LogP contribution in [-0.4, -0.2) is 20.1 Å². The number of carbonyl (C=O) groups excluding carboxylic acids is 1. The highest BCUT2D eigenvalue weighted by Crippen LogP contribution is 2.02. The largest absolute Gasteiger partial charge is 0.470 e. The maximum atomic E-state index is 11.5. The van der Waals surface area contributed by atoms with E-state index >= 15 is 0 Å². The fourth-order valence-corrected chi connectivity index (χ4v) is 0.926. The van der Waals surface area contributed by atoms with Crippen LogP contribution in [0.5, 0.6) is 0 Å². The molecule has 13 heavy (non-hydrogen) atoms. The van der Waals surface area contributed by atoms with E-state index in [-0.39, 0.29) is 5.91 Å². The molecule has 0 aliphatic rings. The summed E-state index contributed by atoms with van der Waals surface area (Å²) in [5.41, 5.74) is 0.520. The first-order chi connectivity index (χ1) is 6.29. The zero-order valence-electron chi connectivity index (χ0n) is 7.56. The summed E-state index contributed by atoms with van der Waals surface area (Å²) in [6.45, 7) is 0. The Balaban J connectivity index is 2.78. The lowest BCUT2D eigenvalue weighted by Crippen LogP contribution is -2.34. The van der Waals surface area contributed by atoms with E-state index < -0.39 is 0 Å². The van der Waals surface area contributed by atoms with Crippen LogP contribution in [0.1, 0.15) is 10.4 Å². The van der Waals surface area contributed by atoms with Crippen molar-refractivity contribution in [1.82, 2.24) is 5.23 Å². The van der Waals surface area contributed by atoms with E-state index in [0.717, 1.165) is 5.23 Å². The summed E-state index contributed by atoms with van der Waals surface area (Å²) in [6.07, 6.45) is 0. The average Bonchev–Trinajstić information content (AvgIpc) is 2.21. The maximum absolute atomic E-state index is 11.5. The maximum Gasteiger partial charge on any atom is 0.470 e. The molecule has 0 aliphatic carbocycles. The highest BCUT2D eigenvalue weighted by atomic mass is 16.9. The zero-order valence-corrected chi connectivity index (χ0v) is 7.56. The Bertz CT molecular complexity index is 269. The Kier molecular flexibility index (Phi) is 3.57. The van der Waals surface area contributed by atoms with Gasteiger partial charge in [-0.05, 0) is 12.1 Å². The fourth-order valence-electron chi connectivity index (χ4n) is 0.926. The number of amides is 1. The number of hydroxylamine groups is 2. The minimum atomic E-state index is -0.328. The molecule has 1 amide bonds. The van der Waals surface area contributed by atoms with Crippen molar-refractivity contribution in [3.05, 3.63) is 35.9 Å². The van der Waals surface area contributed by atoms with Gasteiger partial charge in [-0.3, -0.25) is 0 Å². The molecule has 0 saturated carbocycles. The molecule has 4 nitrogen and oxygen atoms in total. The Morgan fingerprint density at radius 2 is 1.69 bits per heavy atom. The lowest BCUT2D eigenvalue weighted by Gasteiger charge is -1.98. The van der Waals surface area contributed by atoms with Crippen molar-refractivity contribution < 1.29 is 14.5 Å². The van der Waals surface area contributed by atoms with Crippen molar-refractivity contribution in [2.45, 2.75) is 0 Å². The highest BCUT2D eigenvalue weighted by Gasteiger charge is 2.30. The van der Waals surface area contributed by atoms with Crippen LogP contribution in [0.25, 0.3) is 0 Å². The highest BCUT2D eigenvalue weighted by molar-refractivity contribution is 5.94. The molecule has 69 valence electrons. The van der Waals surface area contributed by atoms with Gasteiger partial charge in [-0.15, -0.1) is 9.68 Å². The third-order valence-electron chi connectivity index (χ3n) is 1.52. The van der Waals surface area contributed by atoms with Gasteiger partial charge in [-0.1, -0.05) is 18.2 Å². The van der Waals surface area contributed by atoms with Crippen LogP contribution in [0, 0.1) is 0 Å². The Morgan fingerprint density at radius 3 is 2.15 bits per heavy atom. The van der Waals surface area contributed by atoms with Gasteiger partial charge in [0.05, 0.1) is 5.56 Å². The number of hydrogen-bond acceptors (Lipinski definition) is 3. The normalized spacial score (nSPS) is 10.4. The van der Waals surface area contributed by atoms with Gasteiger partial charge < -0.3 is 0 Å². The number of nitrogens with zero attached hydrogens (tertiary/aromatic N) is 1. The van der Waals surface area contributed by atoms with Gasteiger partial charge in [-0.25, -0.2) is 4.79 Å². The average molecular weight is 181 g/mol. The van der Waals surface area contributed by atoms with Crippen molar-refractivity contribution in [3.63, 3.8) is 0 Å². The Morgan fingerprint density at radius 1 is 1.15 bits per heavy atom. The predicted octanol–water partition coefficient (Wildman–Crippen LogP) is 1.09. The van der Waals surface area contributed by atoms with Gasteiger partial charge >= 0.3 is 5.91 Å². The quantitative estimate of drug-likeness (QED) is 0.655. The molecule has 1 rings (SSSR count). The van der Waals surface area contributed by atoms with Crippen LogP contribution in [0.2, 0.25) is 0 Å². The first-order valence-corrected chi connectivity index (χ1v) is 3.77. The molecule has 1 aromatic rings. The first kappa shape index (κ1) is 9.85. The molecular weight excluding hydrogens is 170 g/mol. The van der Waals surface area contributed by atoms with E-state index in [9.17, 15) is 4.79 Å². The smallest absolute Gasteiger partial charge is 0.212 e. The molecule has 0 atom stereocenters. The molecule has 0 heterocycles. The second-order valence-electron chi connectivity index (χ2n) is 2.29. The van der Waals surface area contributed by atoms with Crippen LogP contribution in [-0.2, 0) is 9.68 Å². The van der Waals surface area contributed by atoms with E-state index in [4.69, 9.17) is 0 Å². The third kappa shape index (κ3) is 2.35. The molecule has 0 aromatic heterocycles. The molecule has 0 aliphatic heterocycles. The van der Waals surface area contributed by atoms with Crippen molar-refractivity contribution in [3.8, 4) is 0 Å². The van der Waals surface area contributed by atoms with Gasteiger partial charge in [0.1, 0.15) is 14.2 Å². The second kappa shape index (κ2) is 4.71. The first-order valence-electron chi connectivity index (χ1n) is 3.77. The number of hydrogen-bond donors (Lipinski definition) is 0. The van der Waals surface area contributed by atoms with Crippen LogP contribution in [0.4, 0.5) is 0 Å². The van der Waals surface area contributed by atoms with E-state index in [1.54, 1.807) is 24.3 Å². The van der Waals surface area contributed by atoms with Crippen molar-refractivity contribution in [2.75, 3.05) is 14.2 Å². The summed E-state index contributed by atoms with van der Waals surface area (Å²) in [5.74, 6) is -0.328. The lowest BCUT2D eigenvalue weighted by molar-refractivity contribution is -0.212. The predicted molar refractivity (Wildman–Crippen MR) is 46.9 cm³/mol. The number of carbonyl (C=O) groups is 1. The van der Waals surface area contributed by atoms with E-state index in [0.29, 0.717) is 5.56 Å². The van der Waals surface area contributed by atoms with Crippen molar-refractivity contribution >= 4 is 5.91 Å². The number of benzene rings is 1. The van der Waals surface area contributed by atoms with Gasteiger partial charge in [0.25, 0.3) is 0 Å². The van der Waals surface area contributed by atoms with Gasteiger partial charge in [0.15, 0.2) is 0 Å². The molecule has 4 heteroatoms. The van der Waals surface area contributed by atoms with Crippen LogP contribution in [0.3, 0.4) is 0 Å². The zero-order chi connectivity index (χ0) is 9.68. The topological polar surface area (TPSA) is 41.4 Å². The summed E-state index contributed by atoms with van der Waals surface area (Å²) < 4.78 is 0. The minimum absolute atomic E-state index is 0.328. The number of rotatable bonds is 3. The van der Waals surface area contributed by atoms with E-state index in [1.165, 1.54) is 14.2 Å². The van der Waals surface area contributed by atoms with Crippen LogP contribution >= 0.6 is 0 Å². The molecule has 0 spiro atoms. The molecule has 0 N–H and O–H groups in total. The van der Waals surface area contributed by atoms with Crippen molar-refractivity contribution in [1.29, 1.82) is 0 Å². The second-order valence-corrected chi connectivity index (χ2v) is 2.29. The summed E-state index contributed by atoms with van der Waals surface area (Å²) in [7, 11) is 2.73. The summed E-state index contributed by atoms with van der Waals surface area (Å²) in [5, 5.41) is 0.815. The standard InChI is InChI=1S/C9H11NO3/c1-12-10(13-2)9(11)8-6-4-3-5-7-8/h3-7H,1-2H3/q+1. The molecular formula is C9H11NO3+. The molecule has 0 fully saturated rings. The van der Waals surface area contributed by atoms with E-state index in [1.807, 2.05) is 6.07 Å². The lowest BCUT2D eigenvalue weighted by atomic mass is 10.2. The van der Waals surface area contributed by atoms with Crippen LogP contribution < -0.4 is 5.23 Å².